The van der Waals surface area contributed by atoms with E-state index in [9.17, 15) is 4.79 Å². The Kier molecular flexibility index (Phi) is 3.49. The van der Waals surface area contributed by atoms with Crippen molar-refractivity contribution in [2.75, 3.05) is 0 Å². The smallest absolute Gasteiger partial charge is 0.163 e. The van der Waals surface area contributed by atoms with E-state index in [2.05, 4.69) is 18.2 Å². The number of benzene rings is 1. The van der Waals surface area contributed by atoms with Crippen molar-refractivity contribution in [3.05, 3.63) is 35.4 Å². The maximum atomic E-state index is 12.3. The molecule has 3 rings (SSSR count). The molecule has 0 spiro atoms. The standard InChI is InChI=1S/C17H22O/c18-17(11-13-5-1-2-6-13)16-10-4-9-15(12-16)14-7-3-8-14/h4,9-10,12-14H,1-3,5-8,11H2. The van der Waals surface area contributed by atoms with E-state index in [0.717, 1.165) is 17.9 Å². The fourth-order valence-electron chi connectivity index (χ4n) is 3.30. The Balaban J connectivity index is 1.68. The number of ketones is 1. The summed E-state index contributed by atoms with van der Waals surface area (Å²) < 4.78 is 0. The molecule has 0 aromatic heterocycles. The molecule has 0 heterocycles. The Morgan fingerprint density at radius 3 is 2.50 bits per heavy atom. The maximum Gasteiger partial charge on any atom is 0.163 e. The summed E-state index contributed by atoms with van der Waals surface area (Å²) in [5.74, 6) is 1.75. The van der Waals surface area contributed by atoms with Gasteiger partial charge in [0.25, 0.3) is 0 Å². The number of carbonyl (C=O) groups excluding carboxylic acids is 1. The van der Waals surface area contributed by atoms with Gasteiger partial charge in [0.15, 0.2) is 5.78 Å². The fourth-order valence-corrected chi connectivity index (χ4v) is 3.30. The molecule has 1 aromatic carbocycles. The highest BCUT2D eigenvalue weighted by Crippen LogP contribution is 2.36. The molecule has 0 bridgehead atoms. The molecule has 0 unspecified atom stereocenters. The quantitative estimate of drug-likeness (QED) is 0.698. The minimum Gasteiger partial charge on any atom is -0.294 e. The molecule has 1 aromatic rings. The molecule has 0 N–H and O–H groups in total. The van der Waals surface area contributed by atoms with Crippen LogP contribution in [0.4, 0.5) is 0 Å². The molecule has 0 radical (unpaired) electrons. The van der Waals surface area contributed by atoms with Gasteiger partial charge in [-0.25, -0.2) is 0 Å². The van der Waals surface area contributed by atoms with Crippen molar-refractivity contribution < 1.29 is 4.79 Å². The predicted octanol–water partition coefficient (Wildman–Crippen LogP) is 4.72. The Morgan fingerprint density at radius 1 is 1.06 bits per heavy atom. The van der Waals surface area contributed by atoms with Gasteiger partial charge in [0.05, 0.1) is 0 Å². The zero-order valence-corrected chi connectivity index (χ0v) is 11.0. The highest BCUT2D eigenvalue weighted by atomic mass is 16.1. The van der Waals surface area contributed by atoms with E-state index in [4.69, 9.17) is 0 Å². The van der Waals surface area contributed by atoms with Gasteiger partial charge in [0, 0.05) is 12.0 Å². The van der Waals surface area contributed by atoms with E-state index < -0.39 is 0 Å². The predicted molar refractivity (Wildman–Crippen MR) is 73.9 cm³/mol. The van der Waals surface area contributed by atoms with Crippen molar-refractivity contribution in [3.63, 3.8) is 0 Å². The molecule has 18 heavy (non-hydrogen) atoms. The molecule has 0 amide bonds. The minimum atomic E-state index is 0.364. The second-order valence-corrected chi connectivity index (χ2v) is 6.03. The lowest BCUT2D eigenvalue weighted by molar-refractivity contribution is 0.0962. The Morgan fingerprint density at radius 2 is 1.83 bits per heavy atom. The average Bonchev–Trinajstić information content (AvgIpc) is 2.80. The molecular weight excluding hydrogens is 220 g/mol. The Bertz CT molecular complexity index is 425. The van der Waals surface area contributed by atoms with Crippen LogP contribution in [0.3, 0.4) is 0 Å². The second kappa shape index (κ2) is 5.26. The van der Waals surface area contributed by atoms with Crippen LogP contribution in [0.25, 0.3) is 0 Å². The Hall–Kier alpha value is -1.11. The zero-order valence-electron chi connectivity index (χ0n) is 11.0. The molecule has 2 aliphatic rings. The van der Waals surface area contributed by atoms with Crippen LogP contribution >= 0.6 is 0 Å². The van der Waals surface area contributed by atoms with Crippen LogP contribution in [-0.2, 0) is 0 Å². The third-order valence-corrected chi connectivity index (χ3v) is 4.73. The minimum absolute atomic E-state index is 0.364. The molecule has 0 saturated heterocycles. The van der Waals surface area contributed by atoms with Crippen molar-refractivity contribution in [2.45, 2.75) is 57.3 Å². The van der Waals surface area contributed by atoms with Gasteiger partial charge >= 0.3 is 0 Å². The summed E-state index contributed by atoms with van der Waals surface area (Å²) in [6.07, 6.45) is 9.89. The van der Waals surface area contributed by atoms with Gasteiger partial charge in [0.1, 0.15) is 0 Å². The van der Waals surface area contributed by atoms with Gasteiger partial charge in [-0.3, -0.25) is 4.79 Å². The molecule has 96 valence electrons. The number of hydrogen-bond donors (Lipinski definition) is 0. The average molecular weight is 242 g/mol. The first-order chi connectivity index (χ1) is 8.83. The summed E-state index contributed by atoms with van der Waals surface area (Å²) >= 11 is 0. The van der Waals surface area contributed by atoms with E-state index in [1.165, 1.54) is 50.5 Å². The summed E-state index contributed by atoms with van der Waals surface area (Å²) in [5.41, 5.74) is 2.34. The molecule has 0 aliphatic heterocycles. The van der Waals surface area contributed by atoms with Crippen LogP contribution in [0, 0.1) is 5.92 Å². The molecule has 2 fully saturated rings. The van der Waals surface area contributed by atoms with Crippen molar-refractivity contribution in [1.82, 2.24) is 0 Å². The number of rotatable bonds is 4. The topological polar surface area (TPSA) is 17.1 Å². The largest absolute Gasteiger partial charge is 0.294 e. The molecule has 2 saturated carbocycles. The highest BCUT2D eigenvalue weighted by molar-refractivity contribution is 5.96. The van der Waals surface area contributed by atoms with Crippen molar-refractivity contribution in [1.29, 1.82) is 0 Å². The highest BCUT2D eigenvalue weighted by Gasteiger charge is 2.22. The van der Waals surface area contributed by atoms with E-state index in [-0.39, 0.29) is 0 Å². The second-order valence-electron chi connectivity index (χ2n) is 6.03. The van der Waals surface area contributed by atoms with Gasteiger partial charge in [-0.15, -0.1) is 0 Å². The summed E-state index contributed by atoms with van der Waals surface area (Å²) in [5, 5.41) is 0. The summed E-state index contributed by atoms with van der Waals surface area (Å²) in [4.78, 5) is 12.3. The van der Waals surface area contributed by atoms with Gasteiger partial charge in [-0.2, -0.15) is 0 Å². The van der Waals surface area contributed by atoms with E-state index in [0.29, 0.717) is 11.7 Å². The van der Waals surface area contributed by atoms with Crippen LogP contribution in [0.2, 0.25) is 0 Å². The first kappa shape index (κ1) is 12.0. The van der Waals surface area contributed by atoms with E-state index >= 15 is 0 Å². The zero-order chi connectivity index (χ0) is 12.4. The first-order valence-corrected chi connectivity index (χ1v) is 7.46. The normalized spacial score (nSPS) is 20.9. The molecule has 2 aliphatic carbocycles. The van der Waals surface area contributed by atoms with Crippen LogP contribution in [0.15, 0.2) is 24.3 Å². The van der Waals surface area contributed by atoms with Crippen molar-refractivity contribution >= 4 is 5.78 Å². The van der Waals surface area contributed by atoms with Crippen molar-refractivity contribution in [2.24, 2.45) is 5.92 Å². The SMILES string of the molecule is O=C(CC1CCCC1)c1cccc(C2CCC2)c1. The molecule has 1 heteroatoms. The Labute approximate surface area is 110 Å². The number of hydrogen-bond acceptors (Lipinski definition) is 1. The van der Waals surface area contributed by atoms with Crippen LogP contribution in [0.1, 0.15) is 73.2 Å². The summed E-state index contributed by atoms with van der Waals surface area (Å²) in [6, 6.07) is 8.41. The number of carbonyl (C=O) groups is 1. The molecule has 0 atom stereocenters. The molecular formula is C17H22O. The lowest BCUT2D eigenvalue weighted by Crippen LogP contribution is -2.11. The number of Topliss-reactive ketones (excluding diaryl/α,β-unsaturated/α-hetero) is 1. The van der Waals surface area contributed by atoms with E-state index in [1.807, 2.05) is 6.07 Å². The summed E-state index contributed by atoms with van der Waals surface area (Å²) in [7, 11) is 0. The lowest BCUT2D eigenvalue weighted by Gasteiger charge is -2.26. The van der Waals surface area contributed by atoms with Crippen LogP contribution in [-0.4, -0.2) is 5.78 Å². The third kappa shape index (κ3) is 2.50. The fraction of sp³-hybridized carbons (Fsp3) is 0.588. The lowest BCUT2D eigenvalue weighted by atomic mass is 9.79. The van der Waals surface area contributed by atoms with Gasteiger partial charge in [-0.1, -0.05) is 50.3 Å². The van der Waals surface area contributed by atoms with Gasteiger partial charge in [-0.05, 0) is 36.3 Å². The third-order valence-electron chi connectivity index (χ3n) is 4.73. The van der Waals surface area contributed by atoms with Crippen LogP contribution < -0.4 is 0 Å². The van der Waals surface area contributed by atoms with Crippen molar-refractivity contribution in [3.8, 4) is 0 Å². The monoisotopic (exact) mass is 242 g/mol. The van der Waals surface area contributed by atoms with Gasteiger partial charge < -0.3 is 0 Å². The first-order valence-electron chi connectivity index (χ1n) is 7.46. The molecule has 1 nitrogen and oxygen atoms in total. The van der Waals surface area contributed by atoms with Crippen LogP contribution in [0.5, 0.6) is 0 Å². The van der Waals surface area contributed by atoms with Gasteiger partial charge in [0.2, 0.25) is 0 Å². The summed E-state index contributed by atoms with van der Waals surface area (Å²) in [6.45, 7) is 0. The van der Waals surface area contributed by atoms with E-state index in [1.54, 1.807) is 0 Å². The maximum absolute atomic E-state index is 12.3.